The van der Waals surface area contributed by atoms with Crippen LogP contribution in [0, 0.1) is 0 Å². The molecule has 1 aromatic heterocycles. The predicted molar refractivity (Wildman–Crippen MR) is 78.0 cm³/mol. The van der Waals surface area contributed by atoms with Crippen molar-refractivity contribution in [2.24, 2.45) is 0 Å². The normalized spacial score (nSPS) is 12.2. The van der Waals surface area contributed by atoms with E-state index in [-0.39, 0.29) is 0 Å². The minimum atomic E-state index is -3.39. The summed E-state index contributed by atoms with van der Waals surface area (Å²) in [5, 5.41) is 4.89. The molecular weight excluding hydrogens is 284 g/mol. The van der Waals surface area contributed by atoms with Gasteiger partial charge in [-0.2, -0.15) is 4.31 Å². The summed E-state index contributed by atoms with van der Waals surface area (Å²) in [6.07, 6.45) is 0. The Kier molecular flexibility index (Phi) is 6.95. The molecule has 1 N–H and O–H groups in total. The van der Waals surface area contributed by atoms with Crippen LogP contribution in [0.25, 0.3) is 0 Å². The molecule has 0 aromatic carbocycles. The van der Waals surface area contributed by atoms with Gasteiger partial charge >= 0.3 is 0 Å². The van der Waals surface area contributed by atoms with Gasteiger partial charge in [-0.1, -0.05) is 13.8 Å². The first-order valence-electron chi connectivity index (χ1n) is 6.33. The molecule has 0 aliphatic heterocycles. The van der Waals surface area contributed by atoms with Crippen LogP contribution in [-0.2, 0) is 21.3 Å². The molecule has 0 radical (unpaired) electrons. The summed E-state index contributed by atoms with van der Waals surface area (Å²) < 4.78 is 31.2. The van der Waals surface area contributed by atoms with Gasteiger partial charge < -0.3 is 10.1 Å². The van der Waals surface area contributed by atoms with Gasteiger partial charge in [-0.05, 0) is 12.6 Å². The van der Waals surface area contributed by atoms with Crippen molar-refractivity contribution >= 4 is 21.4 Å². The maximum Gasteiger partial charge on any atom is 0.243 e. The fourth-order valence-corrected chi connectivity index (χ4v) is 4.29. The zero-order valence-electron chi connectivity index (χ0n) is 11.7. The summed E-state index contributed by atoms with van der Waals surface area (Å²) in [6, 6.07) is 1.75. The number of hydrogen-bond donors (Lipinski definition) is 1. The number of nitrogens with one attached hydrogen (secondary N) is 1. The zero-order chi connectivity index (χ0) is 14.3. The highest BCUT2D eigenvalue weighted by Gasteiger charge is 2.23. The molecular formula is C12H22N2O3S2. The van der Waals surface area contributed by atoms with Gasteiger partial charge in [0.25, 0.3) is 0 Å². The Morgan fingerprint density at radius 1 is 1.42 bits per heavy atom. The fraction of sp³-hybridized carbons (Fsp3) is 0.667. The average molecular weight is 306 g/mol. The maximum atomic E-state index is 12.4. The van der Waals surface area contributed by atoms with E-state index in [1.165, 1.54) is 15.6 Å². The van der Waals surface area contributed by atoms with Gasteiger partial charge in [-0.15, -0.1) is 11.3 Å². The molecule has 0 saturated heterocycles. The van der Waals surface area contributed by atoms with Crippen molar-refractivity contribution in [3.8, 4) is 0 Å². The van der Waals surface area contributed by atoms with Crippen LogP contribution in [0.15, 0.2) is 16.3 Å². The summed E-state index contributed by atoms with van der Waals surface area (Å²) >= 11 is 1.47. The highest BCUT2D eigenvalue weighted by molar-refractivity contribution is 7.89. The summed E-state index contributed by atoms with van der Waals surface area (Å²) in [6.45, 7) is 6.67. The molecule has 7 heteroatoms. The van der Waals surface area contributed by atoms with E-state index in [4.69, 9.17) is 4.74 Å². The fourth-order valence-electron chi connectivity index (χ4n) is 1.63. The van der Waals surface area contributed by atoms with Crippen molar-refractivity contribution in [3.63, 3.8) is 0 Å². The van der Waals surface area contributed by atoms with Gasteiger partial charge in [0.15, 0.2) is 0 Å². The summed E-state index contributed by atoms with van der Waals surface area (Å²) in [4.78, 5) is 1.41. The van der Waals surface area contributed by atoms with Crippen molar-refractivity contribution in [1.29, 1.82) is 0 Å². The Balaban J connectivity index is 2.82. The highest BCUT2D eigenvalue weighted by Crippen LogP contribution is 2.22. The van der Waals surface area contributed by atoms with E-state index in [1.807, 2.05) is 13.8 Å². The first-order chi connectivity index (χ1) is 9.06. The molecule has 0 saturated carbocycles. The van der Waals surface area contributed by atoms with E-state index in [1.54, 1.807) is 18.6 Å². The average Bonchev–Trinajstić information content (AvgIpc) is 2.86. The summed E-state index contributed by atoms with van der Waals surface area (Å²) in [7, 11) is -1.82. The Morgan fingerprint density at radius 3 is 2.74 bits per heavy atom. The Labute approximate surface area is 119 Å². The molecule has 0 unspecified atom stereocenters. The predicted octanol–water partition coefficient (Wildman–Crippen LogP) is 1.51. The second-order valence-corrected chi connectivity index (χ2v) is 6.95. The summed E-state index contributed by atoms with van der Waals surface area (Å²) in [5.41, 5.74) is 0. The lowest BCUT2D eigenvalue weighted by Crippen LogP contribution is -2.33. The molecule has 0 atom stereocenters. The minimum absolute atomic E-state index is 0.378. The van der Waals surface area contributed by atoms with Gasteiger partial charge in [0, 0.05) is 37.0 Å². The smallest absolute Gasteiger partial charge is 0.243 e. The third kappa shape index (κ3) is 4.54. The van der Waals surface area contributed by atoms with Crippen LogP contribution in [0.4, 0.5) is 0 Å². The molecule has 0 bridgehead atoms. The Bertz CT molecular complexity index is 471. The number of rotatable bonds is 9. The lowest BCUT2D eigenvalue weighted by Gasteiger charge is -2.19. The number of hydrogen-bond acceptors (Lipinski definition) is 5. The number of nitrogens with zero attached hydrogens (tertiary/aromatic N) is 1. The third-order valence-corrected chi connectivity index (χ3v) is 5.75. The lowest BCUT2D eigenvalue weighted by molar-refractivity contribution is 0.180. The van der Waals surface area contributed by atoms with Gasteiger partial charge in [-0.3, -0.25) is 0 Å². The number of ether oxygens (including phenoxy) is 1. The van der Waals surface area contributed by atoms with Gasteiger partial charge in [0.05, 0.1) is 11.5 Å². The van der Waals surface area contributed by atoms with Gasteiger partial charge in [0.2, 0.25) is 10.0 Å². The standard InChI is InChI=1S/C12H22N2O3S2/c1-4-13-9-11-8-12(10-18-11)19(15,16)14(5-2)6-7-17-3/h8,10,13H,4-7,9H2,1-3H3. The molecule has 0 fully saturated rings. The van der Waals surface area contributed by atoms with E-state index in [9.17, 15) is 8.42 Å². The van der Waals surface area contributed by atoms with Crippen LogP contribution in [0.5, 0.6) is 0 Å². The number of thiophene rings is 1. The monoisotopic (exact) mass is 306 g/mol. The van der Waals surface area contributed by atoms with Crippen molar-refractivity contribution < 1.29 is 13.2 Å². The lowest BCUT2D eigenvalue weighted by atomic mass is 10.4. The number of sulfonamides is 1. The van der Waals surface area contributed by atoms with Crippen molar-refractivity contribution in [2.45, 2.75) is 25.3 Å². The van der Waals surface area contributed by atoms with E-state index in [2.05, 4.69) is 5.32 Å². The SMILES string of the molecule is CCNCc1cc(S(=O)(=O)N(CC)CCOC)cs1. The second-order valence-electron chi connectivity index (χ2n) is 4.02. The van der Waals surface area contributed by atoms with E-state index < -0.39 is 10.0 Å². The molecule has 0 amide bonds. The van der Waals surface area contributed by atoms with Crippen molar-refractivity contribution in [1.82, 2.24) is 9.62 Å². The van der Waals surface area contributed by atoms with E-state index >= 15 is 0 Å². The molecule has 19 heavy (non-hydrogen) atoms. The van der Waals surface area contributed by atoms with Crippen LogP contribution >= 0.6 is 11.3 Å². The zero-order valence-corrected chi connectivity index (χ0v) is 13.3. The second kappa shape index (κ2) is 7.96. The Morgan fingerprint density at radius 2 is 2.16 bits per heavy atom. The maximum absolute atomic E-state index is 12.4. The molecule has 0 aliphatic carbocycles. The van der Waals surface area contributed by atoms with Crippen LogP contribution in [-0.4, -0.2) is 46.1 Å². The van der Waals surface area contributed by atoms with Crippen LogP contribution < -0.4 is 5.32 Å². The first-order valence-corrected chi connectivity index (χ1v) is 8.65. The van der Waals surface area contributed by atoms with Crippen LogP contribution in [0.2, 0.25) is 0 Å². The topological polar surface area (TPSA) is 58.6 Å². The van der Waals surface area contributed by atoms with Gasteiger partial charge in [-0.25, -0.2) is 8.42 Å². The first kappa shape index (κ1) is 16.6. The Hall–Kier alpha value is -0.470. The van der Waals surface area contributed by atoms with Crippen molar-refractivity contribution in [3.05, 3.63) is 16.3 Å². The van der Waals surface area contributed by atoms with Crippen LogP contribution in [0.3, 0.4) is 0 Å². The largest absolute Gasteiger partial charge is 0.383 e. The molecule has 5 nitrogen and oxygen atoms in total. The molecule has 1 aromatic rings. The van der Waals surface area contributed by atoms with Gasteiger partial charge in [0.1, 0.15) is 0 Å². The number of likely N-dealkylation sites (N-methyl/N-ethyl adjacent to an activating group) is 1. The quantitative estimate of drug-likeness (QED) is 0.751. The van der Waals surface area contributed by atoms with Crippen molar-refractivity contribution in [2.75, 3.05) is 33.4 Å². The van der Waals surface area contributed by atoms with E-state index in [0.29, 0.717) is 31.1 Å². The van der Waals surface area contributed by atoms with Crippen LogP contribution in [0.1, 0.15) is 18.7 Å². The summed E-state index contributed by atoms with van der Waals surface area (Å²) in [5.74, 6) is 0. The van der Waals surface area contributed by atoms with E-state index in [0.717, 1.165) is 11.4 Å². The third-order valence-electron chi connectivity index (χ3n) is 2.71. The molecule has 110 valence electrons. The molecule has 0 aliphatic rings. The number of methoxy groups -OCH3 is 1. The molecule has 1 heterocycles. The minimum Gasteiger partial charge on any atom is -0.383 e. The highest BCUT2D eigenvalue weighted by atomic mass is 32.2. The molecule has 0 spiro atoms. The molecule has 1 rings (SSSR count).